The summed E-state index contributed by atoms with van der Waals surface area (Å²) in [7, 11) is 1.59. The molecule has 0 saturated heterocycles. The van der Waals surface area contributed by atoms with Gasteiger partial charge in [-0.05, 0) is 12.5 Å². The van der Waals surface area contributed by atoms with Crippen LogP contribution in [-0.4, -0.2) is 28.4 Å². The molecule has 0 bridgehead atoms. The molecule has 5 nitrogen and oxygen atoms in total. The van der Waals surface area contributed by atoms with Gasteiger partial charge in [0.15, 0.2) is 11.5 Å². The Labute approximate surface area is 112 Å². The number of benzene rings is 1. The van der Waals surface area contributed by atoms with Crippen LogP contribution in [0.25, 0.3) is 0 Å². The summed E-state index contributed by atoms with van der Waals surface area (Å²) >= 11 is 0. The molecule has 0 atom stereocenters. The van der Waals surface area contributed by atoms with E-state index in [0.29, 0.717) is 18.1 Å². The SMILES string of the molecule is COc1cccc(CO)c1OCCCn1ccnc1. The van der Waals surface area contributed by atoms with Crippen LogP contribution in [0, 0.1) is 0 Å². The zero-order chi connectivity index (χ0) is 13.5. The number of nitrogens with zero attached hydrogens (tertiary/aromatic N) is 2. The number of methoxy groups -OCH3 is 1. The largest absolute Gasteiger partial charge is 0.493 e. The number of aryl methyl sites for hydroxylation is 1. The third kappa shape index (κ3) is 3.48. The first-order chi connectivity index (χ1) is 9.35. The number of aliphatic hydroxyl groups is 1. The molecule has 0 amide bonds. The molecule has 1 aromatic carbocycles. The van der Waals surface area contributed by atoms with Gasteiger partial charge in [-0.25, -0.2) is 4.98 Å². The van der Waals surface area contributed by atoms with Gasteiger partial charge in [-0.3, -0.25) is 0 Å². The van der Waals surface area contributed by atoms with Gasteiger partial charge < -0.3 is 19.1 Å². The van der Waals surface area contributed by atoms with E-state index in [1.165, 1.54) is 0 Å². The number of rotatable bonds is 7. The summed E-state index contributed by atoms with van der Waals surface area (Å²) in [6.45, 7) is 1.35. The highest BCUT2D eigenvalue weighted by atomic mass is 16.5. The van der Waals surface area contributed by atoms with E-state index >= 15 is 0 Å². The second kappa shape index (κ2) is 6.80. The molecule has 0 aliphatic heterocycles. The Morgan fingerprint density at radius 2 is 2.26 bits per heavy atom. The van der Waals surface area contributed by atoms with Gasteiger partial charge in [0.25, 0.3) is 0 Å². The van der Waals surface area contributed by atoms with Crippen LogP contribution in [0.2, 0.25) is 0 Å². The Morgan fingerprint density at radius 3 is 2.95 bits per heavy atom. The highest BCUT2D eigenvalue weighted by Gasteiger charge is 2.09. The predicted octanol–water partition coefficient (Wildman–Crippen LogP) is 1.85. The van der Waals surface area contributed by atoms with Crippen molar-refractivity contribution in [1.82, 2.24) is 9.55 Å². The molecule has 5 heteroatoms. The van der Waals surface area contributed by atoms with E-state index in [2.05, 4.69) is 4.98 Å². The minimum atomic E-state index is -0.0615. The molecule has 2 rings (SSSR count). The van der Waals surface area contributed by atoms with E-state index in [1.807, 2.05) is 29.0 Å². The van der Waals surface area contributed by atoms with Crippen molar-refractivity contribution in [2.24, 2.45) is 0 Å². The van der Waals surface area contributed by atoms with E-state index in [1.54, 1.807) is 19.6 Å². The maximum absolute atomic E-state index is 9.30. The third-order valence-electron chi connectivity index (χ3n) is 2.82. The molecule has 0 fully saturated rings. The summed E-state index contributed by atoms with van der Waals surface area (Å²) < 4.78 is 13.0. The standard InChI is InChI=1S/C14H18N2O3/c1-18-13-5-2-4-12(10-17)14(13)19-9-3-7-16-8-6-15-11-16/h2,4-6,8,11,17H,3,7,9-10H2,1H3. The lowest BCUT2D eigenvalue weighted by molar-refractivity contribution is 0.250. The van der Waals surface area contributed by atoms with E-state index in [0.717, 1.165) is 18.5 Å². The average molecular weight is 262 g/mol. The molecule has 0 unspecified atom stereocenters. The van der Waals surface area contributed by atoms with E-state index in [9.17, 15) is 5.11 Å². The first-order valence-corrected chi connectivity index (χ1v) is 6.20. The van der Waals surface area contributed by atoms with Gasteiger partial charge in [-0.1, -0.05) is 12.1 Å². The van der Waals surface area contributed by atoms with Crippen molar-refractivity contribution >= 4 is 0 Å². The topological polar surface area (TPSA) is 56.5 Å². The molecule has 1 N–H and O–H groups in total. The molecule has 0 aliphatic rings. The van der Waals surface area contributed by atoms with E-state index in [4.69, 9.17) is 9.47 Å². The van der Waals surface area contributed by atoms with Crippen LogP contribution >= 0.6 is 0 Å². The zero-order valence-electron chi connectivity index (χ0n) is 11.0. The highest BCUT2D eigenvalue weighted by molar-refractivity contribution is 5.46. The van der Waals surface area contributed by atoms with Crippen molar-refractivity contribution in [1.29, 1.82) is 0 Å². The molecule has 2 aromatic rings. The number of ether oxygens (including phenoxy) is 2. The first-order valence-electron chi connectivity index (χ1n) is 6.20. The van der Waals surface area contributed by atoms with Gasteiger partial charge in [-0.2, -0.15) is 0 Å². The van der Waals surface area contributed by atoms with Crippen molar-refractivity contribution in [2.75, 3.05) is 13.7 Å². The second-order valence-corrected chi connectivity index (χ2v) is 4.11. The molecular weight excluding hydrogens is 244 g/mol. The van der Waals surface area contributed by atoms with Gasteiger partial charge in [0.05, 0.1) is 26.7 Å². The summed E-state index contributed by atoms with van der Waals surface area (Å²) in [5.74, 6) is 1.27. The van der Waals surface area contributed by atoms with E-state index in [-0.39, 0.29) is 6.61 Å². The fourth-order valence-corrected chi connectivity index (χ4v) is 1.85. The summed E-state index contributed by atoms with van der Waals surface area (Å²) in [6.07, 6.45) is 6.31. The van der Waals surface area contributed by atoms with Gasteiger partial charge in [0.2, 0.25) is 0 Å². The Hall–Kier alpha value is -2.01. The van der Waals surface area contributed by atoms with Gasteiger partial charge in [0, 0.05) is 24.5 Å². The monoisotopic (exact) mass is 262 g/mol. The lowest BCUT2D eigenvalue weighted by Gasteiger charge is -2.14. The van der Waals surface area contributed by atoms with Crippen LogP contribution in [-0.2, 0) is 13.2 Å². The lowest BCUT2D eigenvalue weighted by Crippen LogP contribution is -2.05. The Balaban J connectivity index is 1.91. The number of aromatic nitrogens is 2. The minimum absolute atomic E-state index is 0.0615. The second-order valence-electron chi connectivity index (χ2n) is 4.11. The number of hydrogen-bond acceptors (Lipinski definition) is 4. The number of hydrogen-bond donors (Lipinski definition) is 1. The molecule has 1 aromatic heterocycles. The Bertz CT molecular complexity index is 475. The van der Waals surface area contributed by atoms with Crippen molar-refractivity contribution in [3.05, 3.63) is 42.5 Å². The summed E-state index contributed by atoms with van der Waals surface area (Å²) in [6, 6.07) is 5.49. The van der Waals surface area contributed by atoms with Crippen LogP contribution in [0.4, 0.5) is 0 Å². The Kier molecular flexibility index (Phi) is 4.80. The molecule has 102 valence electrons. The van der Waals surface area contributed by atoms with Crippen molar-refractivity contribution in [3.8, 4) is 11.5 Å². The minimum Gasteiger partial charge on any atom is -0.493 e. The maximum Gasteiger partial charge on any atom is 0.166 e. The van der Waals surface area contributed by atoms with Crippen molar-refractivity contribution < 1.29 is 14.6 Å². The number of aliphatic hydroxyl groups excluding tert-OH is 1. The van der Waals surface area contributed by atoms with Crippen LogP contribution in [0.15, 0.2) is 36.9 Å². The summed E-state index contributed by atoms with van der Waals surface area (Å²) in [5.41, 5.74) is 0.738. The van der Waals surface area contributed by atoms with Gasteiger partial charge in [-0.15, -0.1) is 0 Å². The lowest BCUT2D eigenvalue weighted by atomic mass is 10.2. The molecule has 0 spiro atoms. The summed E-state index contributed by atoms with van der Waals surface area (Å²) in [4.78, 5) is 3.98. The molecule has 0 saturated carbocycles. The normalized spacial score (nSPS) is 10.4. The van der Waals surface area contributed by atoms with Crippen LogP contribution in [0.1, 0.15) is 12.0 Å². The quantitative estimate of drug-likeness (QED) is 0.774. The predicted molar refractivity (Wildman–Crippen MR) is 71.3 cm³/mol. The van der Waals surface area contributed by atoms with Crippen LogP contribution in [0.5, 0.6) is 11.5 Å². The fourth-order valence-electron chi connectivity index (χ4n) is 1.85. The molecule has 19 heavy (non-hydrogen) atoms. The fraction of sp³-hybridized carbons (Fsp3) is 0.357. The Morgan fingerprint density at radius 1 is 1.37 bits per heavy atom. The van der Waals surface area contributed by atoms with Crippen LogP contribution in [0.3, 0.4) is 0 Å². The smallest absolute Gasteiger partial charge is 0.166 e. The molecular formula is C14H18N2O3. The third-order valence-corrected chi connectivity index (χ3v) is 2.82. The summed E-state index contributed by atoms with van der Waals surface area (Å²) in [5, 5.41) is 9.30. The number of para-hydroxylation sites is 1. The average Bonchev–Trinajstić information content (AvgIpc) is 2.96. The van der Waals surface area contributed by atoms with Crippen molar-refractivity contribution in [3.63, 3.8) is 0 Å². The molecule has 0 radical (unpaired) electrons. The molecule has 0 aliphatic carbocycles. The van der Waals surface area contributed by atoms with Gasteiger partial charge >= 0.3 is 0 Å². The van der Waals surface area contributed by atoms with Gasteiger partial charge in [0.1, 0.15) is 0 Å². The van der Waals surface area contributed by atoms with Crippen LogP contribution < -0.4 is 9.47 Å². The highest BCUT2D eigenvalue weighted by Crippen LogP contribution is 2.31. The maximum atomic E-state index is 9.30. The zero-order valence-corrected chi connectivity index (χ0v) is 11.0. The van der Waals surface area contributed by atoms with E-state index < -0.39 is 0 Å². The molecule has 1 heterocycles. The first kappa shape index (κ1) is 13.4. The number of imidazole rings is 1. The van der Waals surface area contributed by atoms with Crippen molar-refractivity contribution in [2.45, 2.75) is 19.6 Å².